The van der Waals surface area contributed by atoms with Gasteiger partial charge < -0.3 is 9.80 Å². The van der Waals surface area contributed by atoms with Crippen LogP contribution in [0.2, 0.25) is 4.34 Å². The molecule has 1 fully saturated rings. The Morgan fingerprint density at radius 2 is 1.85 bits per heavy atom. The van der Waals surface area contributed by atoms with Crippen LogP contribution < -0.4 is 4.90 Å². The highest BCUT2D eigenvalue weighted by Crippen LogP contribution is 2.33. The van der Waals surface area contributed by atoms with Crippen LogP contribution in [0.5, 0.6) is 0 Å². The van der Waals surface area contributed by atoms with E-state index in [1.807, 2.05) is 17.0 Å². The van der Waals surface area contributed by atoms with Crippen LogP contribution in [0.25, 0.3) is 16.2 Å². The zero-order valence-electron chi connectivity index (χ0n) is 17.1. The number of benzene rings is 1. The second kappa shape index (κ2) is 8.35. The topological polar surface area (TPSA) is 53.7 Å². The lowest BCUT2D eigenvalue weighted by Gasteiger charge is -2.36. The summed E-state index contributed by atoms with van der Waals surface area (Å²) >= 11 is 7.47. The van der Waals surface area contributed by atoms with E-state index in [4.69, 9.17) is 11.6 Å². The van der Waals surface area contributed by atoms with Crippen LogP contribution in [0.15, 0.2) is 54.9 Å². The number of rotatable bonds is 3. The zero-order valence-corrected chi connectivity index (χ0v) is 18.7. The van der Waals surface area contributed by atoms with Gasteiger partial charge in [0.15, 0.2) is 5.65 Å². The molecule has 1 amide bonds. The van der Waals surface area contributed by atoms with Crippen LogP contribution in [-0.4, -0.2) is 51.6 Å². The van der Waals surface area contributed by atoms with Crippen molar-refractivity contribution in [2.24, 2.45) is 0 Å². The van der Waals surface area contributed by atoms with Gasteiger partial charge >= 0.3 is 6.18 Å². The van der Waals surface area contributed by atoms with Crippen molar-refractivity contribution in [1.82, 2.24) is 19.5 Å². The molecule has 6 nitrogen and oxygen atoms in total. The van der Waals surface area contributed by atoms with Gasteiger partial charge in [0.05, 0.1) is 26.7 Å². The maximum atomic E-state index is 13.2. The predicted octanol–water partition coefficient (Wildman–Crippen LogP) is 5.09. The lowest BCUT2D eigenvalue weighted by molar-refractivity contribution is -0.137. The number of halogens is 4. The number of fused-ring (bicyclic) bond motifs is 1. The summed E-state index contributed by atoms with van der Waals surface area (Å²) in [5.41, 5.74) is 1.42. The third-order valence-electron chi connectivity index (χ3n) is 5.56. The smallest absolute Gasteiger partial charge is 0.368 e. The highest BCUT2D eigenvalue weighted by molar-refractivity contribution is 7.19. The third-order valence-corrected chi connectivity index (χ3v) is 6.82. The number of anilines is 1. The standard InChI is InChI=1S/C22H17ClF3N5OS/c23-19-5-4-18(33-19)17-6-7-27-20-16(13-28-31(17)20)21(32)30-10-8-29(9-11-30)15-3-1-2-14(12-15)22(24,25)26/h1-7,12-13H,8-11H2. The Labute approximate surface area is 195 Å². The van der Waals surface area contributed by atoms with Crippen molar-refractivity contribution >= 4 is 40.2 Å². The van der Waals surface area contributed by atoms with E-state index in [-0.39, 0.29) is 5.91 Å². The van der Waals surface area contributed by atoms with Gasteiger partial charge in [-0.05, 0) is 36.4 Å². The summed E-state index contributed by atoms with van der Waals surface area (Å²) in [6, 6.07) is 10.7. The number of amides is 1. The Bertz CT molecular complexity index is 1330. The van der Waals surface area contributed by atoms with Gasteiger partial charge in [-0.15, -0.1) is 11.3 Å². The van der Waals surface area contributed by atoms with Crippen LogP contribution >= 0.6 is 22.9 Å². The molecule has 33 heavy (non-hydrogen) atoms. The van der Waals surface area contributed by atoms with Gasteiger partial charge in [-0.3, -0.25) is 4.79 Å². The van der Waals surface area contributed by atoms with E-state index < -0.39 is 11.7 Å². The number of carbonyl (C=O) groups excluding carboxylic acids is 1. The zero-order chi connectivity index (χ0) is 23.2. The minimum Gasteiger partial charge on any atom is -0.368 e. The number of thiophene rings is 1. The molecule has 0 saturated carbocycles. The van der Waals surface area contributed by atoms with Gasteiger partial charge in [0.1, 0.15) is 5.56 Å². The average Bonchev–Trinajstić information content (AvgIpc) is 3.44. The van der Waals surface area contributed by atoms with E-state index in [2.05, 4.69) is 10.1 Å². The lowest BCUT2D eigenvalue weighted by Crippen LogP contribution is -2.48. The molecule has 3 aromatic heterocycles. The Morgan fingerprint density at radius 1 is 1.06 bits per heavy atom. The number of aromatic nitrogens is 3. The van der Waals surface area contributed by atoms with Gasteiger partial charge in [0.2, 0.25) is 0 Å². The van der Waals surface area contributed by atoms with Gasteiger partial charge in [-0.2, -0.15) is 18.3 Å². The summed E-state index contributed by atoms with van der Waals surface area (Å²) < 4.78 is 41.4. The van der Waals surface area contributed by atoms with Gasteiger partial charge in [0.25, 0.3) is 5.91 Å². The van der Waals surface area contributed by atoms with Crippen molar-refractivity contribution in [1.29, 1.82) is 0 Å². The van der Waals surface area contributed by atoms with Crippen LogP contribution in [0.3, 0.4) is 0 Å². The van der Waals surface area contributed by atoms with E-state index in [9.17, 15) is 18.0 Å². The summed E-state index contributed by atoms with van der Waals surface area (Å²) in [5.74, 6) is -0.206. The number of hydrogen-bond acceptors (Lipinski definition) is 5. The molecule has 11 heteroatoms. The van der Waals surface area contributed by atoms with E-state index in [1.165, 1.54) is 23.6 Å². The number of hydrogen-bond donors (Lipinski definition) is 0. The van der Waals surface area contributed by atoms with Gasteiger partial charge in [-0.1, -0.05) is 17.7 Å². The van der Waals surface area contributed by atoms with Crippen molar-refractivity contribution in [3.63, 3.8) is 0 Å². The molecule has 0 spiro atoms. The Balaban J connectivity index is 1.34. The van der Waals surface area contributed by atoms with Gasteiger partial charge in [-0.25, -0.2) is 9.50 Å². The summed E-state index contributed by atoms with van der Waals surface area (Å²) in [7, 11) is 0. The minimum absolute atomic E-state index is 0.206. The molecular formula is C22H17ClF3N5OS. The number of alkyl halides is 3. The molecule has 0 bridgehead atoms. The number of carbonyl (C=O) groups is 1. The summed E-state index contributed by atoms with van der Waals surface area (Å²) in [6.45, 7) is 1.62. The SMILES string of the molecule is O=C(c1cnn2c(-c3ccc(Cl)s3)ccnc12)N1CCN(c2cccc(C(F)(F)F)c2)CC1. The predicted molar refractivity (Wildman–Crippen MR) is 121 cm³/mol. The first-order valence-electron chi connectivity index (χ1n) is 10.1. The van der Waals surface area contributed by atoms with E-state index in [1.54, 1.807) is 27.7 Å². The van der Waals surface area contributed by atoms with Gasteiger partial charge in [0, 0.05) is 38.1 Å². The maximum Gasteiger partial charge on any atom is 0.416 e. The molecule has 0 aliphatic carbocycles. The quantitative estimate of drug-likeness (QED) is 0.400. The molecule has 0 atom stereocenters. The second-order valence-corrected chi connectivity index (χ2v) is 9.27. The fraction of sp³-hybridized carbons (Fsp3) is 0.227. The summed E-state index contributed by atoms with van der Waals surface area (Å²) in [5, 5.41) is 4.37. The average molecular weight is 492 g/mol. The molecular weight excluding hydrogens is 475 g/mol. The number of nitrogens with zero attached hydrogens (tertiary/aromatic N) is 5. The molecule has 0 N–H and O–H groups in total. The molecule has 1 aromatic carbocycles. The molecule has 4 aromatic rings. The monoisotopic (exact) mass is 491 g/mol. The van der Waals surface area contributed by atoms with E-state index >= 15 is 0 Å². The maximum absolute atomic E-state index is 13.2. The highest BCUT2D eigenvalue weighted by atomic mass is 35.5. The fourth-order valence-electron chi connectivity index (χ4n) is 3.90. The Hall–Kier alpha value is -3.11. The highest BCUT2D eigenvalue weighted by Gasteiger charge is 2.31. The van der Waals surface area contributed by atoms with Crippen molar-refractivity contribution in [2.75, 3.05) is 31.1 Å². The van der Waals surface area contributed by atoms with E-state index in [0.717, 1.165) is 22.7 Å². The Kier molecular flexibility index (Phi) is 5.49. The van der Waals surface area contributed by atoms with Crippen LogP contribution in [0.1, 0.15) is 15.9 Å². The Morgan fingerprint density at radius 3 is 2.55 bits per heavy atom. The molecule has 170 valence electrons. The second-order valence-electron chi connectivity index (χ2n) is 7.55. The van der Waals surface area contributed by atoms with Crippen molar-refractivity contribution in [3.8, 4) is 10.6 Å². The molecule has 0 radical (unpaired) electrons. The first-order chi connectivity index (χ1) is 15.8. The first kappa shape index (κ1) is 21.7. The van der Waals surface area contributed by atoms with Crippen LogP contribution in [0, 0.1) is 0 Å². The van der Waals surface area contributed by atoms with Crippen molar-refractivity contribution in [3.05, 3.63) is 70.3 Å². The molecule has 1 saturated heterocycles. The molecule has 1 aliphatic heterocycles. The molecule has 0 unspecified atom stereocenters. The lowest BCUT2D eigenvalue weighted by atomic mass is 10.1. The molecule has 5 rings (SSSR count). The largest absolute Gasteiger partial charge is 0.416 e. The molecule has 1 aliphatic rings. The minimum atomic E-state index is -4.39. The summed E-state index contributed by atoms with van der Waals surface area (Å²) in [6.07, 6.45) is -1.26. The first-order valence-corrected chi connectivity index (χ1v) is 11.3. The number of piperazine rings is 1. The normalized spacial score (nSPS) is 14.8. The third kappa shape index (κ3) is 4.16. The van der Waals surface area contributed by atoms with Crippen LogP contribution in [0.4, 0.5) is 18.9 Å². The van der Waals surface area contributed by atoms with Crippen LogP contribution in [-0.2, 0) is 6.18 Å². The van der Waals surface area contributed by atoms with E-state index in [0.29, 0.717) is 47.4 Å². The summed E-state index contributed by atoms with van der Waals surface area (Å²) in [4.78, 5) is 22.0. The fourth-order valence-corrected chi connectivity index (χ4v) is 4.95. The molecule has 4 heterocycles. The van der Waals surface area contributed by atoms with Crippen molar-refractivity contribution in [2.45, 2.75) is 6.18 Å². The van der Waals surface area contributed by atoms with Crippen molar-refractivity contribution < 1.29 is 18.0 Å².